The lowest BCUT2D eigenvalue weighted by molar-refractivity contribution is 0.0764. The summed E-state index contributed by atoms with van der Waals surface area (Å²) in [6.07, 6.45) is 1.12. The Labute approximate surface area is 183 Å². The minimum absolute atomic E-state index is 0.150. The van der Waals surface area contributed by atoms with Crippen molar-refractivity contribution in [2.75, 3.05) is 26.4 Å². The van der Waals surface area contributed by atoms with Gasteiger partial charge >= 0.3 is 0 Å². The zero-order chi connectivity index (χ0) is 22.4. The van der Waals surface area contributed by atoms with Gasteiger partial charge in [0.05, 0.1) is 13.2 Å². The summed E-state index contributed by atoms with van der Waals surface area (Å²) in [6.45, 7) is 19.9. The van der Waals surface area contributed by atoms with Crippen molar-refractivity contribution in [3.05, 3.63) is 58.7 Å². The minimum atomic E-state index is 0.150. The van der Waals surface area contributed by atoms with Gasteiger partial charge in [-0.3, -0.25) is 0 Å². The predicted octanol–water partition coefficient (Wildman–Crippen LogP) is 6.76. The molecule has 30 heavy (non-hydrogen) atoms. The molecule has 3 heteroatoms. The number of hydrogen-bond donors (Lipinski definition) is 0. The van der Waals surface area contributed by atoms with Gasteiger partial charge in [0.15, 0.2) is 0 Å². The topological polar surface area (TPSA) is 27.7 Å². The van der Waals surface area contributed by atoms with Gasteiger partial charge in [-0.1, -0.05) is 53.7 Å². The molecule has 0 aromatic heterocycles. The fourth-order valence-corrected chi connectivity index (χ4v) is 3.78. The first-order valence-corrected chi connectivity index (χ1v) is 11.1. The Bertz CT molecular complexity index is 815. The average Bonchev–Trinajstić information content (AvgIpc) is 2.66. The molecule has 0 amide bonds. The average molecular weight is 413 g/mol. The number of benzene rings is 2. The molecule has 0 saturated heterocycles. The largest absolute Gasteiger partial charge is 0.491 e. The summed E-state index contributed by atoms with van der Waals surface area (Å²) in [4.78, 5) is 0. The van der Waals surface area contributed by atoms with Gasteiger partial charge < -0.3 is 14.2 Å². The first-order valence-electron chi connectivity index (χ1n) is 11.1. The van der Waals surface area contributed by atoms with Crippen LogP contribution in [0.25, 0.3) is 0 Å². The van der Waals surface area contributed by atoms with E-state index in [1.54, 1.807) is 0 Å². The molecule has 0 unspecified atom stereocenters. The molecule has 0 fully saturated rings. The van der Waals surface area contributed by atoms with Gasteiger partial charge in [-0.05, 0) is 77.6 Å². The van der Waals surface area contributed by atoms with E-state index in [0.29, 0.717) is 26.4 Å². The summed E-state index contributed by atoms with van der Waals surface area (Å²) in [6, 6.07) is 12.7. The highest BCUT2D eigenvalue weighted by atomic mass is 16.5. The molecule has 0 atom stereocenters. The number of ether oxygens (including phenoxy) is 3. The van der Waals surface area contributed by atoms with Crippen LogP contribution in [-0.2, 0) is 15.6 Å². The number of hydrogen-bond acceptors (Lipinski definition) is 3. The number of rotatable bonds is 10. The third-order valence-corrected chi connectivity index (χ3v) is 5.81. The molecule has 166 valence electrons. The Morgan fingerprint density at radius 3 is 1.53 bits per heavy atom. The van der Waals surface area contributed by atoms with Crippen molar-refractivity contribution in [1.82, 2.24) is 0 Å². The molecule has 0 aliphatic rings. The highest BCUT2D eigenvalue weighted by Gasteiger charge is 2.20. The van der Waals surface area contributed by atoms with E-state index in [-0.39, 0.29) is 10.8 Å². The smallest absolute Gasteiger partial charge is 0.119 e. The van der Waals surface area contributed by atoms with Crippen LogP contribution >= 0.6 is 0 Å². The van der Waals surface area contributed by atoms with Crippen LogP contribution in [0.1, 0.15) is 70.2 Å². The SMILES string of the molecule is CCC(C)(C)c1ccc(OCCOCCOc2ccc(C(C)(C)C)c(C)c2)cc1C. The second-order valence-electron chi connectivity index (χ2n) is 9.75. The Hall–Kier alpha value is -2.00. The van der Waals surface area contributed by atoms with Gasteiger partial charge in [0.2, 0.25) is 0 Å². The van der Waals surface area contributed by atoms with E-state index in [1.165, 1.54) is 22.3 Å². The Kier molecular flexibility index (Phi) is 8.37. The van der Waals surface area contributed by atoms with Crippen molar-refractivity contribution in [1.29, 1.82) is 0 Å². The van der Waals surface area contributed by atoms with Crippen LogP contribution in [0.2, 0.25) is 0 Å². The molecule has 2 aromatic carbocycles. The van der Waals surface area contributed by atoms with Crippen LogP contribution in [0.15, 0.2) is 36.4 Å². The summed E-state index contributed by atoms with van der Waals surface area (Å²) in [5.74, 6) is 1.79. The maximum atomic E-state index is 5.85. The summed E-state index contributed by atoms with van der Waals surface area (Å²) < 4.78 is 17.3. The van der Waals surface area contributed by atoms with Crippen LogP contribution in [0.4, 0.5) is 0 Å². The minimum Gasteiger partial charge on any atom is -0.491 e. The molecule has 3 nitrogen and oxygen atoms in total. The van der Waals surface area contributed by atoms with Crippen molar-refractivity contribution < 1.29 is 14.2 Å². The lowest BCUT2D eigenvalue weighted by atomic mass is 9.80. The maximum absolute atomic E-state index is 5.85. The van der Waals surface area contributed by atoms with Gasteiger partial charge in [0.25, 0.3) is 0 Å². The summed E-state index contributed by atoms with van der Waals surface area (Å²) in [5, 5.41) is 0. The van der Waals surface area contributed by atoms with Crippen molar-refractivity contribution in [3.63, 3.8) is 0 Å². The first-order chi connectivity index (χ1) is 14.0. The van der Waals surface area contributed by atoms with Crippen molar-refractivity contribution >= 4 is 0 Å². The van der Waals surface area contributed by atoms with Crippen LogP contribution < -0.4 is 9.47 Å². The molecule has 0 radical (unpaired) electrons. The molecular formula is C27H40O3. The van der Waals surface area contributed by atoms with Gasteiger partial charge in [-0.25, -0.2) is 0 Å². The zero-order valence-corrected chi connectivity index (χ0v) is 20.2. The molecule has 0 aliphatic carbocycles. The fraction of sp³-hybridized carbons (Fsp3) is 0.556. The molecule has 0 saturated carbocycles. The highest BCUT2D eigenvalue weighted by molar-refractivity contribution is 5.39. The maximum Gasteiger partial charge on any atom is 0.119 e. The van der Waals surface area contributed by atoms with E-state index in [9.17, 15) is 0 Å². The summed E-state index contributed by atoms with van der Waals surface area (Å²) in [5.41, 5.74) is 5.62. The predicted molar refractivity (Wildman–Crippen MR) is 126 cm³/mol. The van der Waals surface area contributed by atoms with E-state index < -0.39 is 0 Å². The van der Waals surface area contributed by atoms with E-state index in [0.717, 1.165) is 17.9 Å². The summed E-state index contributed by atoms with van der Waals surface area (Å²) >= 11 is 0. The van der Waals surface area contributed by atoms with Gasteiger partial charge in [0.1, 0.15) is 24.7 Å². The van der Waals surface area contributed by atoms with Gasteiger partial charge in [-0.15, -0.1) is 0 Å². The lowest BCUT2D eigenvalue weighted by Crippen LogP contribution is -2.17. The normalized spacial score (nSPS) is 12.1. The van der Waals surface area contributed by atoms with Crippen molar-refractivity contribution in [2.24, 2.45) is 0 Å². The second-order valence-corrected chi connectivity index (χ2v) is 9.75. The third kappa shape index (κ3) is 6.77. The van der Waals surface area contributed by atoms with Crippen LogP contribution in [0.5, 0.6) is 11.5 Å². The number of aryl methyl sites for hydroxylation is 2. The van der Waals surface area contributed by atoms with Gasteiger partial charge in [-0.2, -0.15) is 0 Å². The molecule has 0 heterocycles. The van der Waals surface area contributed by atoms with Crippen molar-refractivity contribution in [2.45, 2.75) is 72.6 Å². The Morgan fingerprint density at radius 2 is 1.13 bits per heavy atom. The van der Waals surface area contributed by atoms with Crippen LogP contribution in [-0.4, -0.2) is 26.4 Å². The molecule has 0 aliphatic heterocycles. The van der Waals surface area contributed by atoms with Crippen LogP contribution in [0.3, 0.4) is 0 Å². The molecule has 2 rings (SSSR count). The molecule has 0 bridgehead atoms. The zero-order valence-electron chi connectivity index (χ0n) is 20.2. The summed E-state index contributed by atoms with van der Waals surface area (Å²) in [7, 11) is 0. The van der Waals surface area contributed by atoms with E-state index >= 15 is 0 Å². The standard InChI is InChI=1S/C27H40O3/c1-9-27(7,8)25-13-11-23(19-21(25)3)30-17-15-28-14-16-29-22-10-12-24(20(2)18-22)26(4,5)6/h10-13,18-19H,9,14-17H2,1-8H3. The molecule has 0 spiro atoms. The second kappa shape index (κ2) is 10.3. The Balaban J connectivity index is 1.69. The first kappa shape index (κ1) is 24.3. The highest BCUT2D eigenvalue weighted by Crippen LogP contribution is 2.31. The quantitative estimate of drug-likeness (QED) is 0.403. The monoisotopic (exact) mass is 412 g/mol. The van der Waals surface area contributed by atoms with Gasteiger partial charge in [0, 0.05) is 0 Å². The lowest BCUT2D eigenvalue weighted by Gasteiger charge is -2.25. The third-order valence-electron chi connectivity index (χ3n) is 5.81. The Morgan fingerprint density at radius 1 is 0.667 bits per heavy atom. The van der Waals surface area contributed by atoms with E-state index in [1.807, 2.05) is 6.07 Å². The van der Waals surface area contributed by atoms with Crippen molar-refractivity contribution in [3.8, 4) is 11.5 Å². The van der Waals surface area contributed by atoms with Crippen LogP contribution in [0, 0.1) is 13.8 Å². The van der Waals surface area contributed by atoms with E-state index in [2.05, 4.69) is 85.7 Å². The fourth-order valence-electron chi connectivity index (χ4n) is 3.78. The molecule has 2 aromatic rings. The van der Waals surface area contributed by atoms with E-state index in [4.69, 9.17) is 14.2 Å². The molecular weight excluding hydrogens is 372 g/mol. The molecule has 0 N–H and O–H groups in total.